The van der Waals surface area contributed by atoms with Crippen LogP contribution >= 0.6 is 12.2 Å². The van der Waals surface area contributed by atoms with Gasteiger partial charge in [-0.2, -0.15) is 5.10 Å². The van der Waals surface area contributed by atoms with Crippen LogP contribution in [0.3, 0.4) is 0 Å². The quantitative estimate of drug-likeness (QED) is 0.831. The number of halogens is 1. The van der Waals surface area contributed by atoms with E-state index < -0.39 is 11.7 Å². The largest absolute Gasteiger partial charge is 0.342 e. The predicted octanol–water partition coefficient (Wildman–Crippen LogP) is 3.23. The lowest BCUT2D eigenvalue weighted by Crippen LogP contribution is -2.34. The smallest absolute Gasteiger partial charge is 0.254 e. The maximum Gasteiger partial charge on any atom is 0.254 e. The number of benzene rings is 1. The third-order valence-electron chi connectivity index (χ3n) is 3.45. The molecule has 1 amide bonds. The molecular weight excluding hydrogens is 303 g/mol. The molecule has 0 aliphatic carbocycles. The molecule has 0 unspecified atom stereocenters. The molecule has 0 fully saturated rings. The van der Waals surface area contributed by atoms with Crippen LogP contribution in [0, 0.1) is 16.5 Å². The molecule has 1 aromatic carbocycles. The number of amides is 1. The highest BCUT2D eigenvalue weighted by atomic mass is 32.1. The van der Waals surface area contributed by atoms with Crippen molar-refractivity contribution in [2.75, 3.05) is 0 Å². The van der Waals surface area contributed by atoms with E-state index in [1.807, 2.05) is 25.3 Å². The first kappa shape index (κ1) is 16.4. The predicted molar refractivity (Wildman–Crippen MR) is 84.5 cm³/mol. The van der Waals surface area contributed by atoms with Gasteiger partial charge in [-0.25, -0.2) is 4.39 Å². The molecule has 2 rings (SSSR count). The number of nitrogens with one attached hydrogen (secondary N) is 2. The van der Waals surface area contributed by atoms with Crippen LogP contribution in [-0.4, -0.2) is 20.7 Å². The van der Waals surface area contributed by atoms with Crippen LogP contribution in [-0.2, 0) is 6.54 Å². The summed E-state index contributed by atoms with van der Waals surface area (Å²) in [7, 11) is 0. The van der Waals surface area contributed by atoms with Gasteiger partial charge in [0.25, 0.3) is 5.91 Å². The number of carbonyl (C=O) groups excluding carboxylic acids is 1. The van der Waals surface area contributed by atoms with Gasteiger partial charge < -0.3 is 9.88 Å². The first-order valence-electron chi connectivity index (χ1n) is 7.16. The molecule has 0 saturated carbocycles. The molecule has 0 aliphatic rings. The van der Waals surface area contributed by atoms with E-state index in [2.05, 4.69) is 15.5 Å². The molecule has 0 spiro atoms. The lowest BCUT2D eigenvalue weighted by Gasteiger charge is -2.22. The number of hydrogen-bond donors (Lipinski definition) is 2. The Morgan fingerprint density at radius 1 is 1.45 bits per heavy atom. The van der Waals surface area contributed by atoms with Crippen molar-refractivity contribution < 1.29 is 9.18 Å². The Morgan fingerprint density at radius 3 is 2.73 bits per heavy atom. The fraction of sp³-hybridized carbons (Fsp3) is 0.400. The van der Waals surface area contributed by atoms with Gasteiger partial charge in [-0.1, -0.05) is 26.0 Å². The Hall–Kier alpha value is -2.02. The second-order valence-corrected chi connectivity index (χ2v) is 5.69. The first-order chi connectivity index (χ1) is 10.5. The summed E-state index contributed by atoms with van der Waals surface area (Å²) in [5, 5.41) is 9.80. The molecule has 0 bridgehead atoms. The van der Waals surface area contributed by atoms with Crippen LogP contribution in [0.15, 0.2) is 24.3 Å². The van der Waals surface area contributed by atoms with Crippen LogP contribution in [0.1, 0.15) is 43.0 Å². The second kappa shape index (κ2) is 6.83. The second-order valence-electron chi connectivity index (χ2n) is 5.31. The van der Waals surface area contributed by atoms with Crippen molar-refractivity contribution in [2.24, 2.45) is 5.92 Å². The van der Waals surface area contributed by atoms with Gasteiger partial charge in [-0.15, -0.1) is 0 Å². The SMILES string of the molecule is CCn1c([C@H](NC(=O)c2ccccc2F)C(C)C)n[nH]c1=S. The molecule has 7 heteroatoms. The van der Waals surface area contributed by atoms with E-state index in [4.69, 9.17) is 12.2 Å². The van der Waals surface area contributed by atoms with Gasteiger partial charge in [0.2, 0.25) is 0 Å². The Kier molecular flexibility index (Phi) is 5.07. The van der Waals surface area contributed by atoms with Crippen molar-refractivity contribution in [1.29, 1.82) is 0 Å². The monoisotopic (exact) mass is 322 g/mol. The van der Waals surface area contributed by atoms with E-state index in [1.54, 1.807) is 12.1 Å². The highest BCUT2D eigenvalue weighted by molar-refractivity contribution is 7.71. The fourth-order valence-corrected chi connectivity index (χ4v) is 2.53. The number of nitrogens with zero attached hydrogens (tertiary/aromatic N) is 2. The van der Waals surface area contributed by atoms with Crippen molar-refractivity contribution >= 4 is 18.1 Å². The summed E-state index contributed by atoms with van der Waals surface area (Å²) < 4.78 is 16.1. The van der Waals surface area contributed by atoms with E-state index in [9.17, 15) is 9.18 Å². The van der Waals surface area contributed by atoms with Crippen LogP contribution < -0.4 is 5.32 Å². The minimum absolute atomic E-state index is 0.0188. The Labute approximate surface area is 133 Å². The van der Waals surface area contributed by atoms with Gasteiger partial charge in [0.1, 0.15) is 5.82 Å². The number of aromatic amines is 1. The van der Waals surface area contributed by atoms with E-state index in [0.717, 1.165) is 0 Å². The van der Waals surface area contributed by atoms with Gasteiger partial charge >= 0.3 is 0 Å². The van der Waals surface area contributed by atoms with Crippen molar-refractivity contribution in [1.82, 2.24) is 20.1 Å². The van der Waals surface area contributed by atoms with Crippen molar-refractivity contribution in [2.45, 2.75) is 33.4 Å². The zero-order valence-electron chi connectivity index (χ0n) is 12.8. The molecule has 5 nitrogen and oxygen atoms in total. The highest BCUT2D eigenvalue weighted by Gasteiger charge is 2.25. The molecule has 1 heterocycles. The molecule has 22 heavy (non-hydrogen) atoms. The third-order valence-corrected chi connectivity index (χ3v) is 3.77. The van der Waals surface area contributed by atoms with Gasteiger partial charge in [-0.05, 0) is 37.2 Å². The Balaban J connectivity index is 2.32. The summed E-state index contributed by atoms with van der Waals surface area (Å²) >= 11 is 5.18. The molecule has 0 saturated heterocycles. The number of H-pyrrole nitrogens is 1. The van der Waals surface area contributed by atoms with Crippen molar-refractivity contribution in [3.05, 3.63) is 46.2 Å². The normalized spacial score (nSPS) is 12.4. The fourth-order valence-electron chi connectivity index (χ4n) is 2.27. The zero-order chi connectivity index (χ0) is 16.3. The lowest BCUT2D eigenvalue weighted by molar-refractivity contribution is 0.0918. The van der Waals surface area contributed by atoms with Gasteiger partial charge in [0.05, 0.1) is 11.6 Å². The molecule has 0 radical (unpaired) electrons. The Bertz CT molecular complexity index is 722. The van der Waals surface area contributed by atoms with E-state index >= 15 is 0 Å². The maximum atomic E-state index is 13.7. The van der Waals surface area contributed by atoms with Gasteiger partial charge in [0.15, 0.2) is 10.6 Å². The summed E-state index contributed by atoms with van der Waals surface area (Å²) in [6.07, 6.45) is 0. The maximum absolute atomic E-state index is 13.7. The minimum Gasteiger partial charge on any atom is -0.342 e. The molecule has 118 valence electrons. The summed E-state index contributed by atoms with van der Waals surface area (Å²) in [4.78, 5) is 12.3. The number of rotatable bonds is 5. The molecule has 2 aromatic rings. The minimum atomic E-state index is -0.545. The molecular formula is C15H19FN4OS. The van der Waals surface area contributed by atoms with Crippen molar-refractivity contribution in [3.8, 4) is 0 Å². The molecule has 0 aliphatic heterocycles. The average molecular weight is 322 g/mol. The number of hydrogen-bond acceptors (Lipinski definition) is 3. The topological polar surface area (TPSA) is 62.7 Å². The summed E-state index contributed by atoms with van der Waals surface area (Å²) in [5.74, 6) is -0.288. The van der Waals surface area contributed by atoms with Crippen LogP contribution in [0.25, 0.3) is 0 Å². The standard InChI is InChI=1S/C15H19FN4OS/c1-4-20-13(18-19-15(20)22)12(9(2)3)17-14(21)10-7-5-6-8-11(10)16/h5-9,12H,4H2,1-3H3,(H,17,21)(H,19,22)/t12-/m1/s1. The van der Waals surface area contributed by atoms with E-state index in [1.165, 1.54) is 12.1 Å². The van der Waals surface area contributed by atoms with Crippen molar-refractivity contribution in [3.63, 3.8) is 0 Å². The van der Waals surface area contributed by atoms with Crippen LogP contribution in [0.5, 0.6) is 0 Å². The summed E-state index contributed by atoms with van der Waals surface area (Å²) in [6.45, 7) is 6.52. The Morgan fingerprint density at radius 2 is 2.14 bits per heavy atom. The molecule has 1 atom stereocenters. The lowest BCUT2D eigenvalue weighted by atomic mass is 10.0. The van der Waals surface area contributed by atoms with Crippen LogP contribution in [0.4, 0.5) is 4.39 Å². The summed E-state index contributed by atoms with van der Waals surface area (Å²) in [5.41, 5.74) is 0.0188. The first-order valence-corrected chi connectivity index (χ1v) is 7.57. The molecule has 1 aromatic heterocycles. The summed E-state index contributed by atoms with van der Waals surface area (Å²) in [6, 6.07) is 5.54. The van der Waals surface area contributed by atoms with Gasteiger partial charge in [0, 0.05) is 6.54 Å². The molecule has 2 N–H and O–H groups in total. The zero-order valence-corrected chi connectivity index (χ0v) is 13.6. The number of aromatic nitrogens is 3. The average Bonchev–Trinajstić information content (AvgIpc) is 2.85. The van der Waals surface area contributed by atoms with E-state index in [-0.39, 0.29) is 17.5 Å². The van der Waals surface area contributed by atoms with Crippen LogP contribution in [0.2, 0.25) is 0 Å². The van der Waals surface area contributed by atoms with E-state index in [0.29, 0.717) is 17.1 Å². The third kappa shape index (κ3) is 3.24. The highest BCUT2D eigenvalue weighted by Crippen LogP contribution is 2.21. The van der Waals surface area contributed by atoms with Gasteiger partial charge in [-0.3, -0.25) is 9.89 Å². The number of carbonyl (C=O) groups is 1.